The maximum atomic E-state index is 13.2. The van der Waals surface area contributed by atoms with Gasteiger partial charge in [-0.05, 0) is 77.9 Å². The number of aryl methyl sites for hydroxylation is 1. The molecule has 0 bridgehead atoms. The molecule has 174 valence electrons. The van der Waals surface area contributed by atoms with E-state index in [9.17, 15) is 9.59 Å². The zero-order valence-corrected chi connectivity index (χ0v) is 21.0. The molecule has 2 aromatic rings. The summed E-state index contributed by atoms with van der Waals surface area (Å²) in [4.78, 5) is 31.1. The molecule has 7 heteroatoms. The van der Waals surface area contributed by atoms with E-state index in [1.54, 1.807) is 0 Å². The lowest BCUT2D eigenvalue weighted by molar-refractivity contribution is 0.0502. The number of hydrogen-bond acceptors (Lipinski definition) is 5. The van der Waals surface area contributed by atoms with Crippen molar-refractivity contribution >= 4 is 23.3 Å². The average molecular weight is 458 g/mol. The van der Waals surface area contributed by atoms with Gasteiger partial charge in [0.1, 0.15) is 5.60 Å². The molecule has 2 amide bonds. The first kappa shape index (κ1) is 24.3. The molecule has 1 unspecified atom stereocenters. The van der Waals surface area contributed by atoms with Gasteiger partial charge in [-0.15, -0.1) is 11.3 Å². The van der Waals surface area contributed by atoms with Gasteiger partial charge in [0.15, 0.2) is 0 Å². The molecule has 2 heterocycles. The lowest BCUT2D eigenvalue weighted by Crippen LogP contribution is -2.41. The number of rotatable bonds is 5. The highest BCUT2D eigenvalue weighted by molar-refractivity contribution is 7.17. The minimum atomic E-state index is -0.536. The van der Waals surface area contributed by atoms with Crippen LogP contribution in [-0.2, 0) is 4.74 Å². The Bertz CT molecular complexity index is 960. The van der Waals surface area contributed by atoms with Crippen LogP contribution in [0.15, 0.2) is 30.3 Å². The summed E-state index contributed by atoms with van der Waals surface area (Å²) in [6, 6.07) is 10.9. The third-order valence-electron chi connectivity index (χ3n) is 5.76. The number of ether oxygens (including phenoxy) is 1. The van der Waals surface area contributed by atoms with E-state index in [-0.39, 0.29) is 11.9 Å². The zero-order valence-electron chi connectivity index (χ0n) is 20.2. The summed E-state index contributed by atoms with van der Waals surface area (Å²) in [7, 11) is 4.15. The zero-order chi connectivity index (χ0) is 23.6. The number of amides is 2. The highest BCUT2D eigenvalue weighted by Crippen LogP contribution is 2.33. The van der Waals surface area contributed by atoms with Crippen molar-refractivity contribution in [1.29, 1.82) is 0 Å². The molecule has 0 saturated carbocycles. The summed E-state index contributed by atoms with van der Waals surface area (Å²) in [5, 5.41) is 2.88. The van der Waals surface area contributed by atoms with Gasteiger partial charge in [0.25, 0.3) is 5.91 Å². The predicted molar refractivity (Wildman–Crippen MR) is 130 cm³/mol. The molecule has 1 fully saturated rings. The minimum absolute atomic E-state index is 0.0325. The fraction of sp³-hybridized carbons (Fsp3) is 0.520. The van der Waals surface area contributed by atoms with E-state index in [1.807, 2.05) is 32.6 Å². The number of nitrogens with zero attached hydrogens (tertiary/aromatic N) is 2. The van der Waals surface area contributed by atoms with Crippen LogP contribution < -0.4 is 5.32 Å². The molecule has 1 aliphatic heterocycles. The topological polar surface area (TPSA) is 61.9 Å². The van der Waals surface area contributed by atoms with E-state index in [0.717, 1.165) is 27.3 Å². The maximum absolute atomic E-state index is 13.2. The van der Waals surface area contributed by atoms with Gasteiger partial charge in [0.2, 0.25) is 0 Å². The monoisotopic (exact) mass is 457 g/mol. The Balaban J connectivity index is 1.66. The van der Waals surface area contributed by atoms with Crippen LogP contribution in [0.3, 0.4) is 0 Å². The molecular formula is C25H35N3O3S. The molecule has 1 aromatic carbocycles. The summed E-state index contributed by atoms with van der Waals surface area (Å²) in [5.41, 5.74) is 2.84. The van der Waals surface area contributed by atoms with Gasteiger partial charge >= 0.3 is 6.09 Å². The van der Waals surface area contributed by atoms with Crippen molar-refractivity contribution < 1.29 is 14.3 Å². The number of alkyl carbamates (subject to hydrolysis) is 1. The Labute approximate surface area is 195 Å². The number of carbonyl (C=O) groups excluding carboxylic acids is 2. The molecule has 3 rings (SSSR count). The van der Waals surface area contributed by atoms with Crippen molar-refractivity contribution in [2.24, 2.45) is 0 Å². The first-order valence-electron chi connectivity index (χ1n) is 11.1. The molecule has 0 spiro atoms. The van der Waals surface area contributed by atoms with Gasteiger partial charge in [-0.1, -0.05) is 24.3 Å². The molecule has 32 heavy (non-hydrogen) atoms. The van der Waals surface area contributed by atoms with Crippen LogP contribution in [0.4, 0.5) is 4.79 Å². The second-order valence-corrected chi connectivity index (χ2v) is 10.8. The molecular weight excluding hydrogens is 422 g/mol. The average Bonchev–Trinajstić information content (AvgIpc) is 3.32. The van der Waals surface area contributed by atoms with E-state index in [4.69, 9.17) is 4.74 Å². The van der Waals surface area contributed by atoms with Gasteiger partial charge in [-0.25, -0.2) is 4.79 Å². The van der Waals surface area contributed by atoms with Crippen LogP contribution >= 0.6 is 11.3 Å². The smallest absolute Gasteiger partial charge is 0.407 e. The summed E-state index contributed by atoms with van der Waals surface area (Å²) in [5.74, 6) is 0.0325. The van der Waals surface area contributed by atoms with Crippen LogP contribution in [0.2, 0.25) is 0 Å². The van der Waals surface area contributed by atoms with Crippen LogP contribution in [0.25, 0.3) is 10.4 Å². The van der Waals surface area contributed by atoms with E-state index >= 15 is 0 Å². The largest absolute Gasteiger partial charge is 0.444 e. The van der Waals surface area contributed by atoms with Crippen LogP contribution in [-0.4, -0.2) is 60.6 Å². The summed E-state index contributed by atoms with van der Waals surface area (Å²) < 4.78 is 5.33. The fourth-order valence-corrected chi connectivity index (χ4v) is 4.89. The van der Waals surface area contributed by atoms with Crippen LogP contribution in [0, 0.1) is 6.92 Å². The molecule has 1 aliphatic rings. The highest BCUT2D eigenvalue weighted by Gasteiger charge is 2.30. The lowest BCUT2D eigenvalue weighted by atomic mass is 10.0. The molecule has 0 radical (unpaired) electrons. The predicted octanol–water partition coefficient (Wildman–Crippen LogP) is 5.09. The summed E-state index contributed by atoms with van der Waals surface area (Å²) >= 11 is 1.54. The quantitative estimate of drug-likeness (QED) is 0.680. The van der Waals surface area contributed by atoms with E-state index in [0.29, 0.717) is 19.1 Å². The Morgan fingerprint density at radius 2 is 1.88 bits per heavy atom. The SMILES string of the molecule is Cc1cc(-c2ccc(C(C)N(C)C)cc2)sc1C(=O)N1CC[C@H](NC(=O)OC(C)(C)C)C1. The number of benzene rings is 1. The second-order valence-electron chi connectivity index (χ2n) is 9.77. The van der Waals surface area contributed by atoms with Crippen molar-refractivity contribution in [2.45, 2.75) is 58.7 Å². The number of hydrogen-bond donors (Lipinski definition) is 1. The molecule has 1 N–H and O–H groups in total. The number of likely N-dealkylation sites (tertiary alicyclic amines) is 1. The van der Waals surface area contributed by atoms with Crippen molar-refractivity contribution in [2.75, 3.05) is 27.2 Å². The Kier molecular flexibility index (Phi) is 7.30. The lowest BCUT2D eigenvalue weighted by Gasteiger charge is -2.22. The molecule has 1 saturated heterocycles. The van der Waals surface area contributed by atoms with Gasteiger partial charge in [-0.2, -0.15) is 0 Å². The van der Waals surface area contributed by atoms with Crippen molar-refractivity contribution in [3.05, 3.63) is 46.3 Å². The molecule has 6 nitrogen and oxygen atoms in total. The minimum Gasteiger partial charge on any atom is -0.444 e. The number of nitrogens with one attached hydrogen (secondary N) is 1. The van der Waals surface area contributed by atoms with Crippen molar-refractivity contribution in [1.82, 2.24) is 15.1 Å². The van der Waals surface area contributed by atoms with E-state index < -0.39 is 11.7 Å². The first-order valence-corrected chi connectivity index (χ1v) is 11.9. The second kappa shape index (κ2) is 9.63. The number of carbonyl (C=O) groups is 2. The molecule has 2 atom stereocenters. The Morgan fingerprint density at radius 1 is 1.22 bits per heavy atom. The standard InChI is InChI=1S/C25H35N3O3S/c1-16-14-21(19-10-8-18(9-11-19)17(2)27(6)7)32-22(16)23(29)28-13-12-20(15-28)26-24(30)31-25(3,4)5/h8-11,14,17,20H,12-13,15H2,1-7H3,(H,26,30)/t17?,20-/m0/s1. The third-order valence-corrected chi connectivity index (χ3v) is 7.03. The van der Waals surface area contributed by atoms with Gasteiger partial charge in [-0.3, -0.25) is 4.79 Å². The van der Waals surface area contributed by atoms with Crippen molar-refractivity contribution in [3.8, 4) is 10.4 Å². The van der Waals surface area contributed by atoms with E-state index in [2.05, 4.69) is 61.6 Å². The summed E-state index contributed by atoms with van der Waals surface area (Å²) in [6.45, 7) is 10.8. The Morgan fingerprint density at radius 3 is 2.47 bits per heavy atom. The van der Waals surface area contributed by atoms with Crippen LogP contribution in [0.1, 0.15) is 61.0 Å². The van der Waals surface area contributed by atoms with Crippen LogP contribution in [0.5, 0.6) is 0 Å². The first-order chi connectivity index (χ1) is 14.9. The third kappa shape index (κ3) is 5.90. The highest BCUT2D eigenvalue weighted by atomic mass is 32.1. The van der Waals surface area contributed by atoms with Gasteiger partial charge < -0.3 is 19.9 Å². The van der Waals surface area contributed by atoms with Gasteiger partial charge in [0.05, 0.1) is 10.9 Å². The van der Waals surface area contributed by atoms with E-state index in [1.165, 1.54) is 16.9 Å². The normalized spacial score (nSPS) is 17.5. The summed E-state index contributed by atoms with van der Waals surface area (Å²) in [6.07, 6.45) is 0.298. The van der Waals surface area contributed by atoms with Crippen molar-refractivity contribution in [3.63, 3.8) is 0 Å². The van der Waals surface area contributed by atoms with Gasteiger partial charge in [0, 0.05) is 24.0 Å². The molecule has 0 aliphatic carbocycles. The number of thiophene rings is 1. The Hall–Kier alpha value is -2.38. The fourth-order valence-electron chi connectivity index (χ4n) is 3.74. The molecule has 1 aromatic heterocycles. The maximum Gasteiger partial charge on any atom is 0.407 e.